The average molecular weight is 212 g/mol. The molecule has 3 aliphatic rings. The Morgan fingerprint density at radius 2 is 1.60 bits per heavy atom. The number of ether oxygens (including phenoxy) is 3. The van der Waals surface area contributed by atoms with E-state index in [-0.39, 0.29) is 11.4 Å². The second-order valence-electron chi connectivity index (χ2n) is 5.45. The standard InChI is InChI=1S/C12H20O3/c1-9(2)10-11(15-10)3-5-12(6-4-11)13-7-8-14-12/h9-10H,3-8H2,1-2H3. The molecule has 2 spiro atoms. The van der Waals surface area contributed by atoms with Gasteiger partial charge in [-0.1, -0.05) is 13.8 Å². The quantitative estimate of drug-likeness (QED) is 0.624. The average Bonchev–Trinajstić information content (AvgIpc) is 2.76. The summed E-state index contributed by atoms with van der Waals surface area (Å²) < 4.78 is 17.3. The smallest absolute Gasteiger partial charge is 0.168 e. The maximum absolute atomic E-state index is 5.90. The van der Waals surface area contributed by atoms with E-state index >= 15 is 0 Å². The molecule has 0 radical (unpaired) electrons. The van der Waals surface area contributed by atoms with Crippen LogP contribution in [0.15, 0.2) is 0 Å². The zero-order valence-electron chi connectivity index (χ0n) is 9.62. The highest BCUT2D eigenvalue weighted by atomic mass is 16.7. The first kappa shape index (κ1) is 10.1. The van der Waals surface area contributed by atoms with E-state index in [1.54, 1.807) is 0 Å². The van der Waals surface area contributed by atoms with Crippen molar-refractivity contribution in [3.8, 4) is 0 Å². The molecule has 86 valence electrons. The molecule has 0 aromatic carbocycles. The van der Waals surface area contributed by atoms with Crippen LogP contribution in [0.1, 0.15) is 39.5 Å². The Labute approximate surface area is 91.1 Å². The van der Waals surface area contributed by atoms with Gasteiger partial charge >= 0.3 is 0 Å². The highest BCUT2D eigenvalue weighted by Crippen LogP contribution is 2.54. The van der Waals surface area contributed by atoms with Crippen molar-refractivity contribution in [3.63, 3.8) is 0 Å². The first-order valence-electron chi connectivity index (χ1n) is 6.12. The van der Waals surface area contributed by atoms with Crippen LogP contribution in [0.5, 0.6) is 0 Å². The zero-order chi connectivity index (χ0) is 10.5. The molecule has 3 rings (SSSR count). The van der Waals surface area contributed by atoms with Crippen molar-refractivity contribution in [1.29, 1.82) is 0 Å². The van der Waals surface area contributed by atoms with E-state index < -0.39 is 0 Å². The van der Waals surface area contributed by atoms with Gasteiger partial charge in [-0.25, -0.2) is 0 Å². The number of hydrogen-bond acceptors (Lipinski definition) is 3. The van der Waals surface area contributed by atoms with Crippen molar-refractivity contribution in [3.05, 3.63) is 0 Å². The summed E-state index contributed by atoms with van der Waals surface area (Å²) in [7, 11) is 0. The van der Waals surface area contributed by atoms with E-state index in [4.69, 9.17) is 14.2 Å². The molecular formula is C12H20O3. The van der Waals surface area contributed by atoms with E-state index in [0.29, 0.717) is 12.0 Å². The molecule has 3 nitrogen and oxygen atoms in total. The molecule has 0 aromatic heterocycles. The summed E-state index contributed by atoms with van der Waals surface area (Å²) in [6.45, 7) is 6.02. The minimum Gasteiger partial charge on any atom is -0.366 e. The first-order chi connectivity index (χ1) is 7.16. The van der Waals surface area contributed by atoms with Gasteiger partial charge in [0.15, 0.2) is 5.79 Å². The van der Waals surface area contributed by atoms with Gasteiger partial charge in [0, 0.05) is 12.8 Å². The van der Waals surface area contributed by atoms with Crippen LogP contribution in [0.3, 0.4) is 0 Å². The molecule has 2 aliphatic heterocycles. The van der Waals surface area contributed by atoms with Crippen LogP contribution < -0.4 is 0 Å². The van der Waals surface area contributed by atoms with E-state index in [9.17, 15) is 0 Å². The minimum absolute atomic E-state index is 0.189. The Morgan fingerprint density at radius 1 is 1.00 bits per heavy atom. The fraction of sp³-hybridized carbons (Fsp3) is 1.00. The van der Waals surface area contributed by atoms with Crippen molar-refractivity contribution in [2.24, 2.45) is 5.92 Å². The fourth-order valence-corrected chi connectivity index (χ4v) is 3.20. The van der Waals surface area contributed by atoms with Crippen molar-refractivity contribution in [2.75, 3.05) is 13.2 Å². The molecule has 0 aromatic rings. The summed E-state index contributed by atoms with van der Waals surface area (Å²) in [5.74, 6) is 0.406. The van der Waals surface area contributed by atoms with E-state index in [0.717, 1.165) is 38.9 Å². The number of hydrogen-bond donors (Lipinski definition) is 0. The Hall–Kier alpha value is -0.120. The van der Waals surface area contributed by atoms with Gasteiger partial charge in [-0.05, 0) is 18.8 Å². The van der Waals surface area contributed by atoms with Gasteiger partial charge in [0.2, 0.25) is 0 Å². The van der Waals surface area contributed by atoms with Crippen LogP contribution >= 0.6 is 0 Å². The third kappa shape index (κ3) is 1.52. The molecule has 3 fully saturated rings. The molecule has 2 saturated heterocycles. The third-order valence-corrected chi connectivity index (χ3v) is 4.10. The van der Waals surface area contributed by atoms with Crippen LogP contribution in [0, 0.1) is 5.92 Å². The minimum atomic E-state index is -0.237. The van der Waals surface area contributed by atoms with Gasteiger partial charge in [-0.15, -0.1) is 0 Å². The second kappa shape index (κ2) is 3.19. The maximum Gasteiger partial charge on any atom is 0.168 e. The Kier molecular flexibility index (Phi) is 2.14. The molecule has 0 bridgehead atoms. The number of rotatable bonds is 1. The lowest BCUT2D eigenvalue weighted by Gasteiger charge is -2.34. The molecule has 2 heterocycles. The number of epoxide rings is 1. The van der Waals surface area contributed by atoms with Crippen molar-refractivity contribution >= 4 is 0 Å². The normalized spacial score (nSPS) is 36.6. The maximum atomic E-state index is 5.90. The summed E-state index contributed by atoms with van der Waals surface area (Å²) in [4.78, 5) is 0. The highest BCUT2D eigenvalue weighted by molar-refractivity contribution is 5.08. The van der Waals surface area contributed by atoms with Crippen LogP contribution in [0.2, 0.25) is 0 Å². The first-order valence-corrected chi connectivity index (χ1v) is 6.12. The Bertz CT molecular complexity index is 246. The van der Waals surface area contributed by atoms with Crippen molar-refractivity contribution in [2.45, 2.75) is 57.0 Å². The topological polar surface area (TPSA) is 31.0 Å². The SMILES string of the molecule is CC(C)C1OC12CCC1(CC2)OCCO1. The van der Waals surface area contributed by atoms with Gasteiger partial charge in [-0.2, -0.15) is 0 Å². The highest BCUT2D eigenvalue weighted by Gasteiger charge is 2.61. The van der Waals surface area contributed by atoms with Crippen LogP contribution in [-0.2, 0) is 14.2 Å². The predicted molar refractivity (Wildman–Crippen MR) is 55.5 cm³/mol. The van der Waals surface area contributed by atoms with Crippen molar-refractivity contribution in [1.82, 2.24) is 0 Å². The van der Waals surface area contributed by atoms with E-state index in [1.165, 1.54) is 0 Å². The van der Waals surface area contributed by atoms with Gasteiger partial charge in [0.1, 0.15) is 0 Å². The van der Waals surface area contributed by atoms with Gasteiger partial charge in [0.05, 0.1) is 24.9 Å². The molecule has 1 saturated carbocycles. The van der Waals surface area contributed by atoms with Gasteiger partial charge in [0.25, 0.3) is 0 Å². The molecular weight excluding hydrogens is 192 g/mol. The van der Waals surface area contributed by atoms with E-state index in [2.05, 4.69) is 13.8 Å². The lowest BCUT2D eigenvalue weighted by Crippen LogP contribution is -2.39. The predicted octanol–water partition coefficient (Wildman–Crippen LogP) is 2.10. The van der Waals surface area contributed by atoms with Crippen molar-refractivity contribution < 1.29 is 14.2 Å². The monoisotopic (exact) mass is 212 g/mol. The zero-order valence-corrected chi connectivity index (χ0v) is 9.62. The largest absolute Gasteiger partial charge is 0.366 e. The molecule has 0 amide bonds. The summed E-state index contributed by atoms with van der Waals surface area (Å²) >= 11 is 0. The fourth-order valence-electron chi connectivity index (χ4n) is 3.20. The molecule has 1 aliphatic carbocycles. The molecule has 0 N–H and O–H groups in total. The van der Waals surface area contributed by atoms with Crippen LogP contribution in [0.25, 0.3) is 0 Å². The summed E-state index contributed by atoms with van der Waals surface area (Å²) in [5, 5.41) is 0. The third-order valence-electron chi connectivity index (χ3n) is 4.10. The lowest BCUT2D eigenvalue weighted by atomic mass is 9.80. The van der Waals surface area contributed by atoms with Gasteiger partial charge in [-0.3, -0.25) is 0 Å². The summed E-state index contributed by atoms with van der Waals surface area (Å²) in [5.41, 5.74) is 0.189. The lowest BCUT2D eigenvalue weighted by molar-refractivity contribution is -0.184. The Morgan fingerprint density at radius 3 is 2.07 bits per heavy atom. The van der Waals surface area contributed by atoms with E-state index in [1.807, 2.05) is 0 Å². The van der Waals surface area contributed by atoms with Gasteiger partial charge < -0.3 is 14.2 Å². The van der Waals surface area contributed by atoms with Crippen LogP contribution in [-0.4, -0.2) is 30.7 Å². The molecule has 15 heavy (non-hydrogen) atoms. The molecule has 1 atom stereocenters. The molecule has 3 heteroatoms. The second-order valence-corrected chi connectivity index (χ2v) is 5.45. The summed E-state index contributed by atoms with van der Waals surface area (Å²) in [6.07, 6.45) is 4.72. The summed E-state index contributed by atoms with van der Waals surface area (Å²) in [6, 6.07) is 0. The van der Waals surface area contributed by atoms with Crippen LogP contribution in [0.4, 0.5) is 0 Å². The Balaban J connectivity index is 1.62. The molecule has 1 unspecified atom stereocenters.